The molecule has 2 N–H and O–H groups in total. The first-order valence-corrected chi connectivity index (χ1v) is 12.8. The number of sulfonamides is 1. The summed E-state index contributed by atoms with van der Waals surface area (Å²) in [7, 11) is -3.49. The van der Waals surface area contributed by atoms with Gasteiger partial charge in [-0.25, -0.2) is 8.42 Å². The van der Waals surface area contributed by atoms with Crippen molar-refractivity contribution in [3.8, 4) is 0 Å². The number of hydrogen-bond donors (Lipinski definition) is 2. The number of carbonyl (C=O) groups is 2. The highest BCUT2D eigenvalue weighted by Crippen LogP contribution is 2.20. The van der Waals surface area contributed by atoms with Gasteiger partial charge in [0.2, 0.25) is 15.9 Å². The Kier molecular flexibility index (Phi) is 8.43. The molecule has 0 saturated carbocycles. The number of hydrogen-bond acceptors (Lipinski definition) is 4. The van der Waals surface area contributed by atoms with Crippen LogP contribution in [0.4, 0.5) is 11.4 Å². The van der Waals surface area contributed by atoms with E-state index in [1.54, 1.807) is 42.5 Å². The smallest absolute Gasteiger partial charge is 0.253 e. The molecule has 0 radical (unpaired) electrons. The average molecular weight is 480 g/mol. The van der Waals surface area contributed by atoms with E-state index in [4.69, 9.17) is 0 Å². The van der Waals surface area contributed by atoms with Crippen LogP contribution < -0.4 is 14.9 Å². The van der Waals surface area contributed by atoms with E-state index in [2.05, 4.69) is 10.6 Å². The first-order chi connectivity index (χ1) is 16.2. The van der Waals surface area contributed by atoms with Crippen molar-refractivity contribution in [1.82, 2.24) is 5.32 Å². The number of amides is 2. The number of nitrogens with one attached hydrogen (secondary N) is 2. The molecule has 2 amide bonds. The summed E-state index contributed by atoms with van der Waals surface area (Å²) in [5, 5.41) is 5.65. The zero-order chi connectivity index (χ0) is 24.6. The molecule has 0 heterocycles. The number of aryl methyl sites for hydroxylation is 1. The Morgan fingerprint density at radius 3 is 2.32 bits per heavy atom. The van der Waals surface area contributed by atoms with Gasteiger partial charge in [0.05, 0.1) is 23.2 Å². The molecule has 3 rings (SSSR count). The molecule has 0 saturated heterocycles. The molecule has 0 aliphatic heterocycles. The fourth-order valence-electron chi connectivity index (χ4n) is 3.53. The lowest BCUT2D eigenvalue weighted by Crippen LogP contribution is -2.31. The standard InChI is InChI=1S/C26H29N3O4S/c1-20-10-8-13-22(18-20)29(34(2,32)33)17-9-16-25(30)28-24-15-7-6-14-23(24)26(31)27-19-21-11-4-3-5-12-21/h3-8,10-15,18H,9,16-17,19H2,1-2H3,(H,27,31)(H,28,30). The lowest BCUT2D eigenvalue weighted by atomic mass is 10.1. The Hall–Kier alpha value is -3.65. The highest BCUT2D eigenvalue weighted by molar-refractivity contribution is 7.92. The van der Waals surface area contributed by atoms with Gasteiger partial charge in [-0.15, -0.1) is 0 Å². The van der Waals surface area contributed by atoms with E-state index < -0.39 is 10.0 Å². The third-order valence-electron chi connectivity index (χ3n) is 5.20. The first kappa shape index (κ1) is 25.0. The minimum atomic E-state index is -3.49. The van der Waals surface area contributed by atoms with Gasteiger partial charge in [-0.1, -0.05) is 54.6 Å². The van der Waals surface area contributed by atoms with Crippen molar-refractivity contribution < 1.29 is 18.0 Å². The monoisotopic (exact) mass is 479 g/mol. The Morgan fingerprint density at radius 1 is 0.912 bits per heavy atom. The van der Waals surface area contributed by atoms with Crippen LogP contribution in [0.2, 0.25) is 0 Å². The number of rotatable bonds is 10. The summed E-state index contributed by atoms with van der Waals surface area (Å²) in [6.45, 7) is 2.45. The van der Waals surface area contributed by atoms with E-state index in [0.717, 1.165) is 17.4 Å². The summed E-state index contributed by atoms with van der Waals surface area (Å²) in [4.78, 5) is 25.3. The molecule has 8 heteroatoms. The number of anilines is 2. The normalized spacial score (nSPS) is 11.0. The van der Waals surface area contributed by atoms with E-state index >= 15 is 0 Å². The predicted octanol–water partition coefficient (Wildman–Crippen LogP) is 4.11. The highest BCUT2D eigenvalue weighted by atomic mass is 32.2. The highest BCUT2D eigenvalue weighted by Gasteiger charge is 2.18. The second-order valence-electron chi connectivity index (χ2n) is 8.04. The third kappa shape index (κ3) is 7.18. The van der Waals surface area contributed by atoms with Crippen molar-refractivity contribution in [3.05, 3.63) is 95.6 Å². The van der Waals surface area contributed by atoms with E-state index in [1.165, 1.54) is 4.31 Å². The first-order valence-electron chi connectivity index (χ1n) is 11.0. The Morgan fingerprint density at radius 2 is 1.62 bits per heavy atom. The second kappa shape index (κ2) is 11.5. The van der Waals surface area contributed by atoms with Gasteiger partial charge in [0.15, 0.2) is 0 Å². The predicted molar refractivity (Wildman–Crippen MR) is 135 cm³/mol. The molecule has 7 nitrogen and oxygen atoms in total. The van der Waals surface area contributed by atoms with Crippen LogP contribution in [0.15, 0.2) is 78.9 Å². The minimum Gasteiger partial charge on any atom is -0.348 e. The maximum absolute atomic E-state index is 12.7. The third-order valence-corrected chi connectivity index (χ3v) is 6.39. The molecule has 0 aromatic heterocycles. The summed E-state index contributed by atoms with van der Waals surface area (Å²) < 4.78 is 25.9. The van der Waals surface area contributed by atoms with Crippen LogP contribution in [0.3, 0.4) is 0 Å². The van der Waals surface area contributed by atoms with E-state index in [9.17, 15) is 18.0 Å². The minimum absolute atomic E-state index is 0.109. The molecule has 3 aromatic rings. The van der Waals surface area contributed by atoms with Crippen molar-refractivity contribution in [1.29, 1.82) is 0 Å². The summed E-state index contributed by atoms with van der Waals surface area (Å²) >= 11 is 0. The van der Waals surface area contributed by atoms with Crippen molar-refractivity contribution in [2.75, 3.05) is 22.4 Å². The molecule has 0 unspecified atom stereocenters. The van der Waals surface area contributed by atoms with Gasteiger partial charge >= 0.3 is 0 Å². The summed E-state index contributed by atoms with van der Waals surface area (Å²) in [5.41, 5.74) is 3.27. The van der Waals surface area contributed by atoms with Gasteiger partial charge in [0, 0.05) is 19.5 Å². The number of benzene rings is 3. The Labute approximate surface area is 200 Å². The lowest BCUT2D eigenvalue weighted by molar-refractivity contribution is -0.116. The fraction of sp³-hybridized carbons (Fsp3) is 0.231. The molecule has 0 fully saturated rings. The van der Waals surface area contributed by atoms with Crippen molar-refractivity contribution in [2.45, 2.75) is 26.3 Å². The molecule has 34 heavy (non-hydrogen) atoms. The van der Waals surface area contributed by atoms with Crippen molar-refractivity contribution in [3.63, 3.8) is 0 Å². The largest absolute Gasteiger partial charge is 0.348 e. The van der Waals surface area contributed by atoms with Crippen LogP contribution >= 0.6 is 0 Å². The van der Waals surface area contributed by atoms with Crippen LogP contribution in [-0.4, -0.2) is 33.0 Å². The summed E-state index contributed by atoms with van der Waals surface area (Å²) in [5.74, 6) is -0.580. The van der Waals surface area contributed by atoms with Crippen LogP contribution in [0, 0.1) is 6.92 Å². The summed E-state index contributed by atoms with van der Waals surface area (Å²) in [6, 6.07) is 23.6. The topological polar surface area (TPSA) is 95.6 Å². The van der Waals surface area contributed by atoms with E-state index in [0.29, 0.717) is 29.9 Å². The SMILES string of the molecule is Cc1cccc(N(CCCC(=O)Nc2ccccc2C(=O)NCc2ccccc2)S(C)(=O)=O)c1. The van der Waals surface area contributed by atoms with E-state index in [1.807, 2.05) is 43.3 Å². The van der Waals surface area contributed by atoms with Gasteiger partial charge in [-0.3, -0.25) is 13.9 Å². The quantitative estimate of drug-likeness (QED) is 0.457. The molecular weight excluding hydrogens is 450 g/mol. The van der Waals surface area contributed by atoms with Gasteiger partial charge in [-0.2, -0.15) is 0 Å². The molecule has 178 valence electrons. The molecule has 0 bridgehead atoms. The van der Waals surface area contributed by atoms with Crippen LogP contribution in [0.1, 0.15) is 34.3 Å². The molecular formula is C26H29N3O4S. The number of carbonyl (C=O) groups excluding carboxylic acids is 2. The fourth-order valence-corrected chi connectivity index (χ4v) is 4.49. The maximum Gasteiger partial charge on any atom is 0.253 e. The second-order valence-corrected chi connectivity index (χ2v) is 9.95. The summed E-state index contributed by atoms with van der Waals surface area (Å²) in [6.07, 6.45) is 1.59. The molecule has 0 atom stereocenters. The van der Waals surface area contributed by atoms with Crippen LogP contribution in [0.25, 0.3) is 0 Å². The molecule has 0 spiro atoms. The zero-order valence-electron chi connectivity index (χ0n) is 19.3. The molecule has 3 aromatic carbocycles. The lowest BCUT2D eigenvalue weighted by Gasteiger charge is -2.22. The van der Waals surface area contributed by atoms with Crippen molar-refractivity contribution in [2.24, 2.45) is 0 Å². The van der Waals surface area contributed by atoms with Crippen LogP contribution in [0.5, 0.6) is 0 Å². The Bertz CT molecular complexity index is 1240. The van der Waals surface area contributed by atoms with Crippen molar-refractivity contribution >= 4 is 33.2 Å². The number of para-hydroxylation sites is 1. The van der Waals surface area contributed by atoms with Gasteiger partial charge in [0.1, 0.15) is 0 Å². The van der Waals surface area contributed by atoms with E-state index in [-0.39, 0.29) is 24.8 Å². The Balaban J connectivity index is 1.59. The zero-order valence-corrected chi connectivity index (χ0v) is 20.1. The molecule has 0 aliphatic rings. The van der Waals surface area contributed by atoms with Gasteiger partial charge < -0.3 is 10.6 Å². The average Bonchev–Trinajstić information content (AvgIpc) is 2.80. The van der Waals surface area contributed by atoms with Gasteiger partial charge in [0.25, 0.3) is 5.91 Å². The van der Waals surface area contributed by atoms with Gasteiger partial charge in [-0.05, 0) is 48.7 Å². The number of nitrogens with zero attached hydrogens (tertiary/aromatic N) is 1. The maximum atomic E-state index is 12.7. The van der Waals surface area contributed by atoms with Crippen LogP contribution in [-0.2, 0) is 21.4 Å². The molecule has 0 aliphatic carbocycles.